The van der Waals surface area contributed by atoms with Crippen molar-refractivity contribution in [1.82, 2.24) is 0 Å². The maximum absolute atomic E-state index is 13.8. The first-order chi connectivity index (χ1) is 5.05. The molecule has 0 aromatic heterocycles. The van der Waals surface area contributed by atoms with Crippen LogP contribution in [0.25, 0.3) is 0 Å². The number of thioether (sulfide) groups is 1. The van der Waals surface area contributed by atoms with Gasteiger partial charge in [-0.05, 0) is 31.8 Å². The van der Waals surface area contributed by atoms with Crippen LogP contribution in [0.1, 0.15) is 20.3 Å². The third kappa shape index (κ3) is 1.88. The molecule has 3 atom stereocenters. The highest BCUT2D eigenvalue weighted by atomic mass is 32.2. The summed E-state index contributed by atoms with van der Waals surface area (Å²) in [4.78, 5) is 0. The molecule has 0 aliphatic carbocycles. The molecule has 1 rings (SSSR count). The molecule has 3 heteroatoms. The predicted molar refractivity (Wildman–Crippen MR) is 48.6 cm³/mol. The van der Waals surface area contributed by atoms with Crippen LogP contribution in [0.3, 0.4) is 0 Å². The number of hydrogen-bond donors (Lipinski definition) is 1. The largest absolute Gasteiger partial charge is 0.325 e. The van der Waals surface area contributed by atoms with Gasteiger partial charge >= 0.3 is 0 Å². The molecule has 1 fully saturated rings. The number of hydrogen-bond acceptors (Lipinski definition) is 2. The van der Waals surface area contributed by atoms with Crippen LogP contribution < -0.4 is 5.73 Å². The molecule has 1 aliphatic rings. The fraction of sp³-hybridized carbons (Fsp3) is 1.00. The van der Waals surface area contributed by atoms with Crippen molar-refractivity contribution in [2.45, 2.75) is 32.0 Å². The average molecular weight is 177 g/mol. The molecule has 1 saturated heterocycles. The van der Waals surface area contributed by atoms with Gasteiger partial charge in [0.2, 0.25) is 0 Å². The Kier molecular flexibility index (Phi) is 2.81. The SMILES string of the molecule is CC(N)C(C)(F)C1CCSC1. The summed E-state index contributed by atoms with van der Waals surface area (Å²) in [6.45, 7) is 3.39. The minimum Gasteiger partial charge on any atom is -0.325 e. The second kappa shape index (κ2) is 3.31. The number of halogens is 1. The second-order valence-electron chi connectivity index (χ2n) is 3.50. The van der Waals surface area contributed by atoms with Gasteiger partial charge in [0, 0.05) is 12.0 Å². The highest BCUT2D eigenvalue weighted by Crippen LogP contribution is 2.36. The van der Waals surface area contributed by atoms with Crippen LogP contribution in [0.2, 0.25) is 0 Å². The lowest BCUT2D eigenvalue weighted by Gasteiger charge is -2.30. The molecule has 1 nitrogen and oxygen atoms in total. The van der Waals surface area contributed by atoms with E-state index in [0.717, 1.165) is 17.9 Å². The smallest absolute Gasteiger partial charge is 0.126 e. The Morgan fingerprint density at radius 2 is 2.36 bits per heavy atom. The lowest BCUT2D eigenvalue weighted by molar-refractivity contribution is 0.0907. The van der Waals surface area contributed by atoms with E-state index >= 15 is 0 Å². The van der Waals surface area contributed by atoms with Gasteiger partial charge in [0.1, 0.15) is 5.67 Å². The second-order valence-corrected chi connectivity index (χ2v) is 4.65. The van der Waals surface area contributed by atoms with Crippen LogP contribution in [0.15, 0.2) is 0 Å². The summed E-state index contributed by atoms with van der Waals surface area (Å²) < 4.78 is 13.8. The zero-order chi connectivity index (χ0) is 8.48. The van der Waals surface area contributed by atoms with Crippen LogP contribution in [-0.4, -0.2) is 23.2 Å². The third-order valence-electron chi connectivity index (χ3n) is 2.62. The Balaban J connectivity index is 2.55. The first-order valence-electron chi connectivity index (χ1n) is 4.07. The molecule has 0 spiro atoms. The number of rotatable bonds is 2. The first kappa shape index (κ1) is 9.33. The Hall–Kier alpha value is 0.240. The van der Waals surface area contributed by atoms with E-state index in [0.29, 0.717) is 0 Å². The van der Waals surface area contributed by atoms with Crippen molar-refractivity contribution < 1.29 is 4.39 Å². The maximum atomic E-state index is 13.8. The van der Waals surface area contributed by atoms with Crippen molar-refractivity contribution >= 4 is 11.8 Å². The lowest BCUT2D eigenvalue weighted by atomic mass is 9.85. The van der Waals surface area contributed by atoms with E-state index < -0.39 is 5.67 Å². The molecular weight excluding hydrogens is 161 g/mol. The van der Waals surface area contributed by atoms with E-state index in [1.165, 1.54) is 0 Å². The van der Waals surface area contributed by atoms with Gasteiger partial charge in [-0.1, -0.05) is 0 Å². The quantitative estimate of drug-likeness (QED) is 0.696. The Morgan fingerprint density at radius 1 is 1.73 bits per heavy atom. The Morgan fingerprint density at radius 3 is 2.73 bits per heavy atom. The highest BCUT2D eigenvalue weighted by molar-refractivity contribution is 7.99. The molecule has 11 heavy (non-hydrogen) atoms. The molecule has 0 amide bonds. The van der Waals surface area contributed by atoms with Crippen LogP contribution in [0.4, 0.5) is 4.39 Å². The summed E-state index contributed by atoms with van der Waals surface area (Å²) in [5.74, 6) is 2.21. The van der Waals surface area contributed by atoms with Gasteiger partial charge in [-0.3, -0.25) is 0 Å². The molecule has 3 unspecified atom stereocenters. The third-order valence-corrected chi connectivity index (χ3v) is 3.78. The standard InChI is InChI=1S/C8H16FNS/c1-6(10)8(2,9)7-3-4-11-5-7/h6-7H,3-5,10H2,1-2H3. The summed E-state index contributed by atoms with van der Waals surface area (Å²) >= 11 is 1.83. The number of alkyl halides is 1. The summed E-state index contributed by atoms with van der Waals surface area (Å²) in [7, 11) is 0. The summed E-state index contributed by atoms with van der Waals surface area (Å²) in [6.07, 6.45) is 0.985. The van der Waals surface area contributed by atoms with Crippen molar-refractivity contribution in [3.8, 4) is 0 Å². The van der Waals surface area contributed by atoms with Gasteiger partial charge in [-0.15, -0.1) is 0 Å². The van der Waals surface area contributed by atoms with Crippen LogP contribution >= 0.6 is 11.8 Å². The van der Waals surface area contributed by atoms with Gasteiger partial charge in [0.25, 0.3) is 0 Å². The molecule has 0 aromatic rings. The minimum atomic E-state index is -1.16. The van der Waals surface area contributed by atoms with Crippen LogP contribution in [0.5, 0.6) is 0 Å². The van der Waals surface area contributed by atoms with E-state index in [4.69, 9.17) is 5.73 Å². The van der Waals surface area contributed by atoms with Crippen molar-refractivity contribution in [3.63, 3.8) is 0 Å². The monoisotopic (exact) mass is 177 g/mol. The van der Waals surface area contributed by atoms with Crippen LogP contribution in [0, 0.1) is 5.92 Å². The summed E-state index contributed by atoms with van der Waals surface area (Å²) in [5, 5.41) is 0. The molecule has 1 aliphatic heterocycles. The predicted octanol–water partition coefficient (Wildman–Crippen LogP) is 1.81. The Bertz CT molecular complexity index is 130. The zero-order valence-corrected chi connectivity index (χ0v) is 7.96. The van der Waals surface area contributed by atoms with Gasteiger partial charge < -0.3 is 5.73 Å². The van der Waals surface area contributed by atoms with E-state index in [2.05, 4.69) is 0 Å². The molecule has 2 N–H and O–H groups in total. The summed E-state index contributed by atoms with van der Waals surface area (Å²) in [5.41, 5.74) is 4.40. The van der Waals surface area contributed by atoms with E-state index in [1.54, 1.807) is 13.8 Å². The fourth-order valence-corrected chi connectivity index (χ4v) is 2.75. The maximum Gasteiger partial charge on any atom is 0.126 e. The van der Waals surface area contributed by atoms with E-state index in [1.807, 2.05) is 11.8 Å². The molecule has 0 saturated carbocycles. The first-order valence-corrected chi connectivity index (χ1v) is 5.23. The van der Waals surface area contributed by atoms with Crippen LogP contribution in [-0.2, 0) is 0 Å². The number of nitrogens with two attached hydrogens (primary N) is 1. The minimum absolute atomic E-state index is 0.174. The van der Waals surface area contributed by atoms with Crippen molar-refractivity contribution in [2.24, 2.45) is 11.7 Å². The van der Waals surface area contributed by atoms with Crippen molar-refractivity contribution in [2.75, 3.05) is 11.5 Å². The Labute approximate surface area is 71.9 Å². The van der Waals surface area contributed by atoms with Crippen molar-refractivity contribution in [3.05, 3.63) is 0 Å². The van der Waals surface area contributed by atoms with Gasteiger partial charge in [-0.25, -0.2) is 4.39 Å². The van der Waals surface area contributed by atoms with E-state index in [-0.39, 0.29) is 12.0 Å². The van der Waals surface area contributed by atoms with Gasteiger partial charge in [0.05, 0.1) is 0 Å². The summed E-state index contributed by atoms with van der Waals surface area (Å²) in [6, 6.07) is -0.341. The van der Waals surface area contributed by atoms with Gasteiger partial charge in [0.15, 0.2) is 0 Å². The molecule has 0 radical (unpaired) electrons. The van der Waals surface area contributed by atoms with E-state index in [9.17, 15) is 4.39 Å². The van der Waals surface area contributed by atoms with Crippen molar-refractivity contribution in [1.29, 1.82) is 0 Å². The highest BCUT2D eigenvalue weighted by Gasteiger charge is 2.39. The molecule has 0 bridgehead atoms. The zero-order valence-electron chi connectivity index (χ0n) is 7.14. The molecular formula is C8H16FNS. The molecule has 0 aromatic carbocycles. The molecule has 66 valence electrons. The lowest BCUT2D eigenvalue weighted by Crippen LogP contribution is -2.45. The average Bonchev–Trinajstić information content (AvgIpc) is 2.37. The van der Waals surface area contributed by atoms with Gasteiger partial charge in [-0.2, -0.15) is 11.8 Å². The molecule has 1 heterocycles. The topological polar surface area (TPSA) is 26.0 Å². The normalized spacial score (nSPS) is 33.3. The fourth-order valence-electron chi connectivity index (χ4n) is 1.35.